The van der Waals surface area contributed by atoms with Gasteiger partial charge in [0.05, 0.1) is 4.90 Å². The third kappa shape index (κ3) is 7.00. The number of carbonyl (C=O) groups excluding carboxylic acids is 2. The summed E-state index contributed by atoms with van der Waals surface area (Å²) in [5.41, 5.74) is 4.26. The maximum absolute atomic E-state index is 13.5. The number of hydrazine groups is 1. The summed E-state index contributed by atoms with van der Waals surface area (Å²) in [5, 5.41) is 0.396. The highest BCUT2D eigenvalue weighted by Crippen LogP contribution is 2.17. The Kier molecular flexibility index (Phi) is 7.94. The molecule has 0 heterocycles. The number of nitrogens with one attached hydrogen (secondary N) is 3. The van der Waals surface area contributed by atoms with Gasteiger partial charge in [-0.15, -0.1) is 0 Å². The van der Waals surface area contributed by atoms with Crippen LogP contribution in [0.25, 0.3) is 0 Å². The third-order valence-electron chi connectivity index (χ3n) is 3.60. The highest BCUT2D eigenvalue weighted by molar-refractivity contribution is 7.89. The van der Waals surface area contributed by atoms with Crippen LogP contribution in [0.2, 0.25) is 5.02 Å². The van der Waals surface area contributed by atoms with E-state index in [0.717, 1.165) is 0 Å². The molecular formula is C18H19ClFN3O5S. The zero-order valence-corrected chi connectivity index (χ0v) is 16.9. The summed E-state index contributed by atoms with van der Waals surface area (Å²) in [4.78, 5) is 23.7. The lowest BCUT2D eigenvalue weighted by Gasteiger charge is -2.15. The van der Waals surface area contributed by atoms with Crippen molar-refractivity contribution in [1.29, 1.82) is 0 Å². The Morgan fingerprint density at radius 2 is 1.76 bits per heavy atom. The Morgan fingerprint density at radius 3 is 2.41 bits per heavy atom. The number of amides is 2. The average Bonchev–Trinajstić information content (AvgIpc) is 2.68. The van der Waals surface area contributed by atoms with E-state index in [9.17, 15) is 22.4 Å². The van der Waals surface area contributed by atoms with Crippen molar-refractivity contribution in [1.82, 2.24) is 15.6 Å². The van der Waals surface area contributed by atoms with E-state index in [-0.39, 0.29) is 23.6 Å². The third-order valence-corrected chi connectivity index (χ3v) is 5.33. The monoisotopic (exact) mass is 443 g/mol. The van der Waals surface area contributed by atoms with Crippen LogP contribution in [0.1, 0.15) is 13.3 Å². The zero-order valence-electron chi connectivity index (χ0n) is 15.3. The predicted molar refractivity (Wildman–Crippen MR) is 104 cm³/mol. The van der Waals surface area contributed by atoms with E-state index in [1.165, 1.54) is 49.4 Å². The molecule has 11 heteroatoms. The Bertz CT molecular complexity index is 970. The maximum atomic E-state index is 13.5. The first-order valence-electron chi connectivity index (χ1n) is 8.44. The number of ether oxygens (including phenoxy) is 1. The molecule has 0 radical (unpaired) electrons. The van der Waals surface area contributed by atoms with Crippen molar-refractivity contribution in [2.75, 3.05) is 6.54 Å². The van der Waals surface area contributed by atoms with Gasteiger partial charge in [-0.1, -0.05) is 23.7 Å². The molecule has 2 amide bonds. The van der Waals surface area contributed by atoms with E-state index < -0.39 is 33.8 Å². The number of para-hydroxylation sites is 1. The van der Waals surface area contributed by atoms with Gasteiger partial charge in [0.25, 0.3) is 5.91 Å². The summed E-state index contributed by atoms with van der Waals surface area (Å²) in [5.74, 6) is -2.05. The summed E-state index contributed by atoms with van der Waals surface area (Å²) in [6.45, 7) is 1.20. The molecule has 0 aliphatic rings. The van der Waals surface area contributed by atoms with Crippen LogP contribution in [-0.4, -0.2) is 32.9 Å². The van der Waals surface area contributed by atoms with E-state index in [1.54, 1.807) is 6.07 Å². The minimum atomic E-state index is -3.79. The van der Waals surface area contributed by atoms with E-state index in [2.05, 4.69) is 15.6 Å². The molecule has 0 fully saturated rings. The van der Waals surface area contributed by atoms with Crippen LogP contribution in [0.15, 0.2) is 53.4 Å². The zero-order chi connectivity index (χ0) is 21.4. The van der Waals surface area contributed by atoms with Gasteiger partial charge in [-0.3, -0.25) is 20.4 Å². The molecule has 0 spiro atoms. The molecule has 8 nitrogen and oxygen atoms in total. The lowest BCUT2D eigenvalue weighted by molar-refractivity contribution is -0.132. The number of benzene rings is 2. The fourth-order valence-corrected chi connectivity index (χ4v) is 3.23. The molecule has 0 aliphatic heterocycles. The quantitative estimate of drug-likeness (QED) is 0.538. The molecule has 2 aromatic rings. The van der Waals surface area contributed by atoms with Crippen LogP contribution in [0.5, 0.6) is 5.75 Å². The standard InChI is InChI=1S/C18H19ClFN3O5S/c1-12(28-16-5-3-2-4-15(16)20)18(25)23-22-17(24)10-11-21-29(26,27)14-8-6-13(19)7-9-14/h2-9,12,21H,10-11H2,1H3,(H,22,24)(H,23,25). The minimum absolute atomic E-state index is 0.00901. The molecule has 2 aromatic carbocycles. The number of hydrogen-bond acceptors (Lipinski definition) is 5. The van der Waals surface area contributed by atoms with Crippen LogP contribution < -0.4 is 20.3 Å². The van der Waals surface area contributed by atoms with E-state index in [0.29, 0.717) is 5.02 Å². The van der Waals surface area contributed by atoms with Gasteiger partial charge in [-0.25, -0.2) is 17.5 Å². The Balaban J connectivity index is 1.74. The molecular weight excluding hydrogens is 425 g/mol. The largest absolute Gasteiger partial charge is 0.478 e. The molecule has 156 valence electrons. The van der Waals surface area contributed by atoms with Gasteiger partial charge in [0, 0.05) is 18.0 Å². The van der Waals surface area contributed by atoms with Gasteiger partial charge < -0.3 is 4.74 Å². The lowest BCUT2D eigenvalue weighted by Crippen LogP contribution is -2.47. The second kappa shape index (κ2) is 10.2. The number of carbonyl (C=O) groups is 2. The molecule has 0 aliphatic carbocycles. The van der Waals surface area contributed by atoms with Gasteiger partial charge in [0.15, 0.2) is 17.7 Å². The first-order chi connectivity index (χ1) is 13.7. The predicted octanol–water partition coefficient (Wildman–Crippen LogP) is 1.76. The summed E-state index contributed by atoms with van der Waals surface area (Å²) >= 11 is 5.71. The molecule has 1 unspecified atom stereocenters. The molecule has 0 aromatic heterocycles. The Hall–Kier alpha value is -2.69. The van der Waals surface area contributed by atoms with Gasteiger partial charge >= 0.3 is 0 Å². The summed E-state index contributed by atoms with van der Waals surface area (Å²) in [6.07, 6.45) is -1.30. The second-order valence-electron chi connectivity index (χ2n) is 5.83. The van der Waals surface area contributed by atoms with Crippen molar-refractivity contribution in [2.24, 2.45) is 0 Å². The van der Waals surface area contributed by atoms with E-state index in [4.69, 9.17) is 16.3 Å². The van der Waals surface area contributed by atoms with Gasteiger partial charge in [-0.2, -0.15) is 0 Å². The van der Waals surface area contributed by atoms with Crippen molar-refractivity contribution in [2.45, 2.75) is 24.3 Å². The molecule has 0 saturated heterocycles. The number of rotatable bonds is 8. The first-order valence-corrected chi connectivity index (χ1v) is 10.3. The van der Waals surface area contributed by atoms with E-state index in [1.807, 2.05) is 0 Å². The van der Waals surface area contributed by atoms with Crippen molar-refractivity contribution in [3.05, 3.63) is 59.4 Å². The van der Waals surface area contributed by atoms with Crippen LogP contribution in [0.4, 0.5) is 4.39 Å². The maximum Gasteiger partial charge on any atom is 0.279 e. The lowest BCUT2D eigenvalue weighted by atomic mass is 10.3. The molecule has 1 atom stereocenters. The molecule has 3 N–H and O–H groups in total. The van der Waals surface area contributed by atoms with Gasteiger partial charge in [0.1, 0.15) is 0 Å². The fourth-order valence-electron chi connectivity index (χ4n) is 2.08. The smallest absolute Gasteiger partial charge is 0.279 e. The minimum Gasteiger partial charge on any atom is -0.478 e. The highest BCUT2D eigenvalue weighted by atomic mass is 35.5. The van der Waals surface area contributed by atoms with Crippen LogP contribution >= 0.6 is 11.6 Å². The number of sulfonamides is 1. The fraction of sp³-hybridized carbons (Fsp3) is 0.222. The Morgan fingerprint density at radius 1 is 1.10 bits per heavy atom. The molecule has 0 bridgehead atoms. The molecule has 0 saturated carbocycles. The van der Waals surface area contributed by atoms with Gasteiger partial charge in [-0.05, 0) is 43.3 Å². The summed E-state index contributed by atoms with van der Waals surface area (Å²) in [7, 11) is -3.79. The SMILES string of the molecule is CC(Oc1ccccc1F)C(=O)NNC(=O)CCNS(=O)(=O)c1ccc(Cl)cc1. The average molecular weight is 444 g/mol. The highest BCUT2D eigenvalue weighted by Gasteiger charge is 2.18. The van der Waals surface area contributed by atoms with Crippen molar-refractivity contribution >= 4 is 33.4 Å². The first kappa shape index (κ1) is 22.6. The van der Waals surface area contributed by atoms with E-state index >= 15 is 0 Å². The normalized spacial score (nSPS) is 12.1. The van der Waals surface area contributed by atoms with Crippen LogP contribution in [0, 0.1) is 5.82 Å². The van der Waals surface area contributed by atoms with Crippen LogP contribution in [-0.2, 0) is 19.6 Å². The summed E-state index contributed by atoms with van der Waals surface area (Å²) in [6, 6.07) is 11.1. The van der Waals surface area contributed by atoms with Crippen LogP contribution in [0.3, 0.4) is 0 Å². The number of halogens is 2. The molecule has 2 rings (SSSR count). The number of hydrogen-bond donors (Lipinski definition) is 3. The molecule has 29 heavy (non-hydrogen) atoms. The van der Waals surface area contributed by atoms with Crippen molar-refractivity contribution in [3.8, 4) is 5.75 Å². The topological polar surface area (TPSA) is 114 Å². The second-order valence-corrected chi connectivity index (χ2v) is 8.03. The van der Waals surface area contributed by atoms with Crippen molar-refractivity contribution in [3.63, 3.8) is 0 Å². The van der Waals surface area contributed by atoms with Crippen molar-refractivity contribution < 1.29 is 27.1 Å². The Labute approximate surface area is 172 Å². The summed E-state index contributed by atoms with van der Waals surface area (Å²) < 4.78 is 45.1. The van der Waals surface area contributed by atoms with Gasteiger partial charge in [0.2, 0.25) is 15.9 Å².